The van der Waals surface area contributed by atoms with Crippen LogP contribution in [0.2, 0.25) is 0 Å². The van der Waals surface area contributed by atoms with Gasteiger partial charge >= 0.3 is 0 Å². The summed E-state index contributed by atoms with van der Waals surface area (Å²) in [7, 11) is 1.79. The molecule has 0 aromatic rings. The molecule has 80 valence electrons. The lowest BCUT2D eigenvalue weighted by atomic mass is 10.2. The van der Waals surface area contributed by atoms with Gasteiger partial charge in [0.1, 0.15) is 6.54 Å². The molecule has 0 aromatic carbocycles. The van der Waals surface area contributed by atoms with Crippen molar-refractivity contribution in [2.24, 2.45) is 0 Å². The van der Waals surface area contributed by atoms with Gasteiger partial charge in [0.25, 0.3) is 0 Å². The Labute approximate surface area is 83.5 Å². The van der Waals surface area contributed by atoms with Gasteiger partial charge in [0.2, 0.25) is 0 Å². The number of nitrogens with zero attached hydrogens (tertiary/aromatic N) is 1. The molecule has 0 saturated carbocycles. The van der Waals surface area contributed by atoms with Crippen molar-refractivity contribution in [1.29, 1.82) is 0 Å². The standard InChI is InChI=1S/C11H26NO/c1-5-8-9-12(6-2,7-3)10-11-13-4/h5-11H2,1-4H3/q+1. The molecule has 0 aliphatic heterocycles. The van der Waals surface area contributed by atoms with E-state index < -0.39 is 0 Å². The highest BCUT2D eigenvalue weighted by molar-refractivity contribution is 4.42. The minimum Gasteiger partial charge on any atom is -0.379 e. The first-order valence-electron chi connectivity index (χ1n) is 5.58. The van der Waals surface area contributed by atoms with Crippen molar-refractivity contribution in [2.75, 3.05) is 39.9 Å². The highest BCUT2D eigenvalue weighted by atomic mass is 16.5. The number of likely N-dealkylation sites (N-methyl/N-ethyl adjacent to an activating group) is 1. The quantitative estimate of drug-likeness (QED) is 0.531. The molecule has 2 nitrogen and oxygen atoms in total. The Kier molecular flexibility index (Phi) is 7.29. The Morgan fingerprint density at radius 2 is 1.62 bits per heavy atom. The van der Waals surface area contributed by atoms with Gasteiger partial charge in [0.15, 0.2) is 0 Å². The Balaban J connectivity index is 3.97. The van der Waals surface area contributed by atoms with Crippen LogP contribution in [-0.2, 0) is 4.74 Å². The van der Waals surface area contributed by atoms with Crippen LogP contribution in [0.15, 0.2) is 0 Å². The molecule has 0 radical (unpaired) electrons. The van der Waals surface area contributed by atoms with E-state index in [0.717, 1.165) is 6.61 Å². The second kappa shape index (κ2) is 7.34. The number of unbranched alkanes of at least 4 members (excludes halogenated alkanes) is 1. The zero-order valence-corrected chi connectivity index (χ0v) is 9.81. The number of methoxy groups -OCH3 is 1. The molecule has 0 N–H and O–H groups in total. The average Bonchev–Trinajstić information content (AvgIpc) is 2.20. The van der Waals surface area contributed by atoms with Gasteiger partial charge < -0.3 is 9.22 Å². The van der Waals surface area contributed by atoms with E-state index in [9.17, 15) is 0 Å². The maximum Gasteiger partial charge on any atom is 0.102 e. The lowest BCUT2D eigenvalue weighted by Crippen LogP contribution is -2.50. The Bertz CT molecular complexity index is 101. The summed E-state index contributed by atoms with van der Waals surface area (Å²) in [5, 5.41) is 0. The van der Waals surface area contributed by atoms with Crippen molar-refractivity contribution in [3.63, 3.8) is 0 Å². The Morgan fingerprint density at radius 1 is 1.00 bits per heavy atom. The Hall–Kier alpha value is -0.0800. The minimum absolute atomic E-state index is 0.894. The van der Waals surface area contributed by atoms with Crippen LogP contribution in [-0.4, -0.2) is 44.4 Å². The third-order valence-electron chi connectivity index (χ3n) is 3.10. The fourth-order valence-electron chi connectivity index (χ4n) is 1.75. The van der Waals surface area contributed by atoms with E-state index in [-0.39, 0.29) is 0 Å². The first kappa shape index (κ1) is 12.9. The smallest absolute Gasteiger partial charge is 0.102 e. The predicted molar refractivity (Wildman–Crippen MR) is 57.9 cm³/mol. The predicted octanol–water partition coefficient (Wildman–Crippen LogP) is 2.29. The molecule has 0 unspecified atom stereocenters. The number of ether oxygens (including phenoxy) is 1. The van der Waals surface area contributed by atoms with Crippen LogP contribution in [0.4, 0.5) is 0 Å². The van der Waals surface area contributed by atoms with Gasteiger partial charge in [0.05, 0.1) is 26.2 Å². The van der Waals surface area contributed by atoms with Gasteiger partial charge in [-0.05, 0) is 20.3 Å². The summed E-state index contributed by atoms with van der Waals surface area (Å²) in [6.45, 7) is 12.7. The largest absolute Gasteiger partial charge is 0.379 e. The molecule has 0 spiro atoms. The fourth-order valence-corrected chi connectivity index (χ4v) is 1.75. The lowest BCUT2D eigenvalue weighted by Gasteiger charge is -2.36. The summed E-state index contributed by atoms with van der Waals surface area (Å²) in [5.41, 5.74) is 0. The molecule has 0 rings (SSSR count). The van der Waals surface area contributed by atoms with E-state index in [1.165, 1.54) is 43.5 Å². The third kappa shape index (κ3) is 4.63. The van der Waals surface area contributed by atoms with Gasteiger partial charge in [-0.1, -0.05) is 13.3 Å². The summed E-state index contributed by atoms with van der Waals surface area (Å²) in [6, 6.07) is 0. The highest BCUT2D eigenvalue weighted by Crippen LogP contribution is 2.08. The molecule has 0 fully saturated rings. The first-order chi connectivity index (χ1) is 6.24. The summed E-state index contributed by atoms with van der Waals surface area (Å²) < 4.78 is 6.39. The van der Waals surface area contributed by atoms with Crippen LogP contribution in [0.25, 0.3) is 0 Å². The van der Waals surface area contributed by atoms with Gasteiger partial charge in [-0.25, -0.2) is 0 Å². The highest BCUT2D eigenvalue weighted by Gasteiger charge is 2.21. The monoisotopic (exact) mass is 188 g/mol. The molecule has 13 heavy (non-hydrogen) atoms. The van der Waals surface area contributed by atoms with Crippen molar-refractivity contribution in [3.8, 4) is 0 Å². The van der Waals surface area contributed by atoms with Crippen LogP contribution in [0.1, 0.15) is 33.6 Å². The van der Waals surface area contributed by atoms with E-state index in [1.54, 1.807) is 7.11 Å². The van der Waals surface area contributed by atoms with E-state index in [2.05, 4.69) is 20.8 Å². The van der Waals surface area contributed by atoms with Crippen LogP contribution in [0.5, 0.6) is 0 Å². The molecular weight excluding hydrogens is 162 g/mol. The molecule has 0 aliphatic rings. The van der Waals surface area contributed by atoms with Gasteiger partial charge in [-0.2, -0.15) is 0 Å². The van der Waals surface area contributed by atoms with Gasteiger partial charge in [-0.15, -0.1) is 0 Å². The second-order valence-corrected chi connectivity index (χ2v) is 3.77. The molecular formula is C11H26NO+. The zero-order chi connectivity index (χ0) is 10.2. The SMILES string of the molecule is CCCC[N+](CC)(CC)CCOC. The zero-order valence-electron chi connectivity index (χ0n) is 9.81. The molecule has 0 amide bonds. The topological polar surface area (TPSA) is 9.23 Å². The van der Waals surface area contributed by atoms with E-state index >= 15 is 0 Å². The molecule has 0 atom stereocenters. The summed E-state index contributed by atoms with van der Waals surface area (Å²) in [4.78, 5) is 0. The van der Waals surface area contributed by atoms with Crippen LogP contribution in [0.3, 0.4) is 0 Å². The van der Waals surface area contributed by atoms with Gasteiger partial charge in [-0.3, -0.25) is 0 Å². The van der Waals surface area contributed by atoms with Crippen LogP contribution in [0, 0.1) is 0 Å². The van der Waals surface area contributed by atoms with E-state index in [4.69, 9.17) is 4.74 Å². The van der Waals surface area contributed by atoms with Gasteiger partial charge in [0, 0.05) is 7.11 Å². The van der Waals surface area contributed by atoms with Crippen LogP contribution < -0.4 is 0 Å². The number of hydrogen-bond acceptors (Lipinski definition) is 1. The molecule has 2 heteroatoms. The average molecular weight is 188 g/mol. The third-order valence-corrected chi connectivity index (χ3v) is 3.10. The van der Waals surface area contributed by atoms with Crippen LogP contribution >= 0.6 is 0 Å². The molecule has 0 aliphatic carbocycles. The minimum atomic E-state index is 0.894. The first-order valence-corrected chi connectivity index (χ1v) is 5.58. The van der Waals surface area contributed by atoms with E-state index in [1.807, 2.05) is 0 Å². The molecule has 0 saturated heterocycles. The maximum atomic E-state index is 5.17. The Morgan fingerprint density at radius 3 is 2.00 bits per heavy atom. The van der Waals surface area contributed by atoms with Crippen molar-refractivity contribution >= 4 is 0 Å². The normalized spacial score (nSPS) is 12.0. The number of hydrogen-bond donors (Lipinski definition) is 0. The van der Waals surface area contributed by atoms with Crippen molar-refractivity contribution in [3.05, 3.63) is 0 Å². The lowest BCUT2D eigenvalue weighted by molar-refractivity contribution is -0.925. The molecule has 0 bridgehead atoms. The van der Waals surface area contributed by atoms with E-state index in [0.29, 0.717) is 0 Å². The molecule has 0 aromatic heterocycles. The fraction of sp³-hybridized carbons (Fsp3) is 1.00. The second-order valence-electron chi connectivity index (χ2n) is 3.77. The van der Waals surface area contributed by atoms with Crippen molar-refractivity contribution in [2.45, 2.75) is 33.6 Å². The summed E-state index contributed by atoms with van der Waals surface area (Å²) >= 11 is 0. The van der Waals surface area contributed by atoms with Crippen molar-refractivity contribution < 1.29 is 9.22 Å². The van der Waals surface area contributed by atoms with Crippen molar-refractivity contribution in [1.82, 2.24) is 0 Å². The number of rotatable bonds is 8. The summed E-state index contributed by atoms with van der Waals surface area (Å²) in [5.74, 6) is 0. The maximum absolute atomic E-state index is 5.17. The molecule has 0 heterocycles. The summed E-state index contributed by atoms with van der Waals surface area (Å²) in [6.07, 6.45) is 2.64. The number of quaternary nitrogens is 1.